The number of ether oxygens (including phenoxy) is 1. The van der Waals surface area contributed by atoms with Crippen LogP contribution in [0.5, 0.6) is 0 Å². The van der Waals surface area contributed by atoms with Gasteiger partial charge in [-0.05, 0) is 49.6 Å². The van der Waals surface area contributed by atoms with E-state index in [4.69, 9.17) is 15.6 Å². The highest BCUT2D eigenvalue weighted by Gasteiger charge is 2.14. The zero-order valence-corrected chi connectivity index (χ0v) is 19.6. The van der Waals surface area contributed by atoms with E-state index in [-0.39, 0.29) is 35.4 Å². The summed E-state index contributed by atoms with van der Waals surface area (Å²) in [5.41, 5.74) is 8.23. The topological polar surface area (TPSA) is 144 Å². The Morgan fingerprint density at radius 3 is 2.42 bits per heavy atom. The van der Waals surface area contributed by atoms with Crippen molar-refractivity contribution in [3.63, 3.8) is 0 Å². The van der Waals surface area contributed by atoms with Gasteiger partial charge >= 0.3 is 5.97 Å². The van der Waals surface area contributed by atoms with Crippen LogP contribution in [0.4, 0.5) is 17.5 Å². The fraction of sp³-hybridized carbons (Fsp3) is 0.261. The Morgan fingerprint density at radius 1 is 1.18 bits per heavy atom. The summed E-state index contributed by atoms with van der Waals surface area (Å²) in [6.45, 7) is 3.85. The number of nitrogens with one attached hydrogen (secondary N) is 1. The molecule has 0 aliphatic carbocycles. The lowest BCUT2D eigenvalue weighted by atomic mass is 10.2. The molecule has 0 spiro atoms. The molecule has 9 nitrogen and oxygen atoms in total. The average Bonchev–Trinajstić information content (AvgIpc) is 2.74. The first-order valence-corrected chi connectivity index (χ1v) is 12.1. The fourth-order valence-electron chi connectivity index (χ4n) is 2.87. The molecule has 0 atom stereocenters. The molecule has 1 heterocycles. The third-order valence-corrected chi connectivity index (χ3v) is 5.64. The number of nitrogens with two attached hydrogens (primary N) is 1. The maximum Gasteiger partial charge on any atom is 0.343 e. The number of anilines is 3. The van der Waals surface area contributed by atoms with E-state index in [2.05, 4.69) is 15.3 Å². The van der Waals surface area contributed by atoms with Crippen LogP contribution in [0, 0.1) is 6.92 Å². The zero-order valence-electron chi connectivity index (χ0n) is 18.8. The van der Waals surface area contributed by atoms with E-state index in [0.29, 0.717) is 11.3 Å². The SMILES string of the molecule is CCOC(=O)c1cnc(Nc2ccc(S(C)(=O)=O)c(C)c2)nc1N.OCCc1ccccc1. The Labute approximate surface area is 193 Å². The second-order valence-electron chi connectivity index (χ2n) is 7.05. The number of hydrogen-bond acceptors (Lipinski definition) is 9. The van der Waals surface area contributed by atoms with Crippen LogP contribution in [0.25, 0.3) is 0 Å². The van der Waals surface area contributed by atoms with Gasteiger partial charge in [0.15, 0.2) is 9.84 Å². The van der Waals surface area contributed by atoms with Crippen molar-refractivity contribution >= 4 is 33.3 Å². The van der Waals surface area contributed by atoms with E-state index < -0.39 is 15.8 Å². The van der Waals surface area contributed by atoms with Crippen LogP contribution in [-0.4, -0.2) is 48.9 Å². The minimum Gasteiger partial charge on any atom is -0.462 e. The van der Waals surface area contributed by atoms with Crippen molar-refractivity contribution in [2.45, 2.75) is 25.2 Å². The summed E-state index contributed by atoms with van der Waals surface area (Å²) in [7, 11) is -3.28. The molecule has 33 heavy (non-hydrogen) atoms. The van der Waals surface area contributed by atoms with E-state index >= 15 is 0 Å². The van der Waals surface area contributed by atoms with Gasteiger partial charge in [0.25, 0.3) is 0 Å². The van der Waals surface area contributed by atoms with Gasteiger partial charge in [0.1, 0.15) is 11.4 Å². The number of carbonyl (C=O) groups is 1. The molecule has 0 saturated carbocycles. The fourth-order valence-corrected chi connectivity index (χ4v) is 3.83. The lowest BCUT2D eigenvalue weighted by Crippen LogP contribution is -2.11. The third-order valence-electron chi connectivity index (χ3n) is 4.39. The molecule has 3 aromatic rings. The number of benzene rings is 2. The van der Waals surface area contributed by atoms with Gasteiger partial charge in [-0.1, -0.05) is 30.3 Å². The Kier molecular flexibility index (Phi) is 9.31. The Hall–Kier alpha value is -3.50. The number of rotatable bonds is 7. The van der Waals surface area contributed by atoms with Crippen molar-refractivity contribution in [3.05, 3.63) is 71.4 Å². The number of aromatic nitrogens is 2. The average molecular weight is 473 g/mol. The molecule has 1 aromatic heterocycles. The predicted octanol–water partition coefficient (Wildman–Crippen LogP) is 2.91. The van der Waals surface area contributed by atoms with Crippen molar-refractivity contribution in [1.29, 1.82) is 0 Å². The lowest BCUT2D eigenvalue weighted by Gasteiger charge is -2.10. The van der Waals surface area contributed by atoms with Crippen LogP contribution in [0.1, 0.15) is 28.4 Å². The number of esters is 1. The number of nitrogen functional groups attached to an aromatic ring is 1. The highest BCUT2D eigenvalue weighted by Crippen LogP contribution is 2.22. The molecule has 0 aliphatic heterocycles. The molecule has 0 unspecified atom stereocenters. The van der Waals surface area contributed by atoms with Gasteiger partial charge in [-0.25, -0.2) is 18.2 Å². The number of aryl methyl sites for hydroxylation is 1. The largest absolute Gasteiger partial charge is 0.462 e. The number of carbonyl (C=O) groups excluding carboxylic acids is 1. The molecule has 0 aliphatic rings. The van der Waals surface area contributed by atoms with Crippen LogP contribution < -0.4 is 11.1 Å². The summed E-state index contributed by atoms with van der Waals surface area (Å²) in [6.07, 6.45) is 3.20. The summed E-state index contributed by atoms with van der Waals surface area (Å²) in [5, 5.41) is 11.4. The van der Waals surface area contributed by atoms with Crippen LogP contribution >= 0.6 is 0 Å². The quantitative estimate of drug-likeness (QED) is 0.442. The van der Waals surface area contributed by atoms with Gasteiger partial charge in [-0.15, -0.1) is 0 Å². The van der Waals surface area contributed by atoms with Gasteiger partial charge in [0.05, 0.1) is 11.5 Å². The molecule has 0 radical (unpaired) electrons. The number of sulfone groups is 1. The van der Waals surface area contributed by atoms with Crippen molar-refractivity contribution in [1.82, 2.24) is 9.97 Å². The summed E-state index contributed by atoms with van der Waals surface area (Å²) >= 11 is 0. The molecule has 3 rings (SSSR count). The van der Waals surface area contributed by atoms with Crippen molar-refractivity contribution < 1.29 is 23.1 Å². The minimum absolute atomic E-state index is 0.00423. The van der Waals surface area contributed by atoms with Gasteiger partial charge in [-0.2, -0.15) is 4.98 Å². The molecule has 10 heteroatoms. The lowest BCUT2D eigenvalue weighted by molar-refractivity contribution is 0.0526. The summed E-state index contributed by atoms with van der Waals surface area (Å²) < 4.78 is 28.1. The van der Waals surface area contributed by atoms with E-state index in [9.17, 15) is 13.2 Å². The molecule has 0 bridgehead atoms. The summed E-state index contributed by atoms with van der Waals surface area (Å²) in [4.78, 5) is 19.9. The predicted molar refractivity (Wildman–Crippen MR) is 127 cm³/mol. The van der Waals surface area contributed by atoms with Crippen LogP contribution in [0.15, 0.2) is 59.6 Å². The minimum atomic E-state index is -3.28. The Balaban J connectivity index is 0.000000357. The molecule has 2 aromatic carbocycles. The van der Waals surface area contributed by atoms with E-state index in [0.717, 1.165) is 12.7 Å². The van der Waals surface area contributed by atoms with Gasteiger partial charge in [0, 0.05) is 24.7 Å². The molecule has 0 fully saturated rings. The Morgan fingerprint density at radius 2 is 1.88 bits per heavy atom. The smallest absolute Gasteiger partial charge is 0.343 e. The van der Waals surface area contributed by atoms with Gasteiger partial charge in [-0.3, -0.25) is 0 Å². The van der Waals surface area contributed by atoms with Gasteiger partial charge < -0.3 is 20.9 Å². The molecule has 0 amide bonds. The first-order chi connectivity index (χ1) is 15.7. The van der Waals surface area contributed by atoms with E-state index in [1.165, 1.54) is 17.8 Å². The number of nitrogens with zero attached hydrogens (tertiary/aromatic N) is 2. The first kappa shape index (κ1) is 25.8. The standard InChI is InChI=1S/C15H18N4O4S.C8H10O/c1-4-23-14(20)11-8-17-15(19-13(11)16)18-10-5-6-12(9(2)7-10)24(3,21)22;9-7-6-8-4-2-1-3-5-8/h5-8H,4H2,1-3H3,(H3,16,17,18,19);1-5,9H,6-7H2. The first-order valence-electron chi connectivity index (χ1n) is 10.2. The molecule has 4 N–H and O–H groups in total. The highest BCUT2D eigenvalue weighted by atomic mass is 32.2. The molecular formula is C23H28N4O5S. The third kappa shape index (κ3) is 7.85. The number of aliphatic hydroxyl groups is 1. The van der Waals surface area contributed by atoms with Gasteiger partial charge in [0.2, 0.25) is 5.95 Å². The van der Waals surface area contributed by atoms with E-state index in [1.807, 2.05) is 30.3 Å². The van der Waals surface area contributed by atoms with Crippen molar-refractivity contribution in [2.24, 2.45) is 0 Å². The van der Waals surface area contributed by atoms with Crippen molar-refractivity contribution in [3.8, 4) is 0 Å². The monoisotopic (exact) mass is 472 g/mol. The highest BCUT2D eigenvalue weighted by molar-refractivity contribution is 7.90. The van der Waals surface area contributed by atoms with Crippen molar-refractivity contribution in [2.75, 3.05) is 30.5 Å². The maximum atomic E-state index is 11.7. The zero-order chi connectivity index (χ0) is 24.4. The summed E-state index contributed by atoms with van der Waals surface area (Å²) in [6, 6.07) is 14.7. The summed E-state index contributed by atoms with van der Waals surface area (Å²) in [5.74, 6) is -0.405. The van der Waals surface area contributed by atoms with E-state index in [1.54, 1.807) is 26.0 Å². The van der Waals surface area contributed by atoms with Crippen LogP contribution in [0.3, 0.4) is 0 Å². The van der Waals surface area contributed by atoms with Crippen LogP contribution in [-0.2, 0) is 21.0 Å². The van der Waals surface area contributed by atoms with Crippen LogP contribution in [0.2, 0.25) is 0 Å². The second kappa shape index (κ2) is 11.9. The Bertz CT molecular complexity index is 1180. The normalized spacial score (nSPS) is 10.7. The number of aliphatic hydroxyl groups excluding tert-OH is 1. The molecular weight excluding hydrogens is 444 g/mol. The molecule has 176 valence electrons. The second-order valence-corrected chi connectivity index (χ2v) is 9.03. The molecule has 0 saturated heterocycles. The maximum absolute atomic E-state index is 11.7. The number of hydrogen-bond donors (Lipinski definition) is 3.